The number of ether oxygens (including phenoxy) is 1. The van der Waals surface area contributed by atoms with E-state index in [9.17, 15) is 8.42 Å². The van der Waals surface area contributed by atoms with E-state index in [-0.39, 0.29) is 11.6 Å². The van der Waals surface area contributed by atoms with Crippen LogP contribution in [0, 0.1) is 11.6 Å². The molecule has 0 aliphatic rings. The predicted molar refractivity (Wildman–Crippen MR) is 138 cm³/mol. The maximum Gasteiger partial charge on any atom is 0.266 e. The van der Waals surface area contributed by atoms with Gasteiger partial charge in [-0.1, -0.05) is 43.6 Å². The zero-order valence-corrected chi connectivity index (χ0v) is 21.9. The van der Waals surface area contributed by atoms with Crippen LogP contribution in [0.25, 0.3) is 16.9 Å². The summed E-state index contributed by atoms with van der Waals surface area (Å²) in [5, 5.41) is 4.05. The number of benzene rings is 2. The molecule has 12 heteroatoms. The molecular formula is C26H21ClF2N4O4S. The molecule has 0 aliphatic heterocycles. The summed E-state index contributed by atoms with van der Waals surface area (Å²) in [6.45, 7) is 5.55. The number of nitrogens with zero attached hydrogens (tertiary/aromatic N) is 3. The Morgan fingerprint density at radius 3 is 2.55 bits per heavy atom. The highest BCUT2D eigenvalue weighted by Crippen LogP contribution is 2.37. The van der Waals surface area contributed by atoms with Gasteiger partial charge in [0.15, 0.2) is 17.4 Å². The summed E-state index contributed by atoms with van der Waals surface area (Å²) >= 11 is 6.22. The zero-order chi connectivity index (χ0) is 27.2. The van der Waals surface area contributed by atoms with Crippen molar-refractivity contribution >= 4 is 33.1 Å². The quantitative estimate of drug-likeness (QED) is 0.246. The molecule has 38 heavy (non-hydrogen) atoms. The predicted octanol–water partition coefficient (Wildman–Crippen LogP) is 6.81. The van der Waals surface area contributed by atoms with Gasteiger partial charge in [0, 0.05) is 46.6 Å². The van der Waals surface area contributed by atoms with Crippen LogP contribution in [-0.2, 0) is 15.4 Å². The third kappa shape index (κ3) is 4.94. The fourth-order valence-electron chi connectivity index (χ4n) is 3.74. The van der Waals surface area contributed by atoms with Crippen molar-refractivity contribution in [2.75, 3.05) is 4.72 Å². The van der Waals surface area contributed by atoms with Crippen molar-refractivity contribution in [2.24, 2.45) is 0 Å². The molecule has 0 fully saturated rings. The maximum atomic E-state index is 15.1. The van der Waals surface area contributed by atoms with Gasteiger partial charge in [0.05, 0.1) is 5.69 Å². The first-order valence-corrected chi connectivity index (χ1v) is 13.2. The molecule has 0 spiro atoms. The Kier molecular flexibility index (Phi) is 6.36. The van der Waals surface area contributed by atoms with E-state index in [0.717, 1.165) is 0 Å². The second-order valence-corrected chi connectivity index (χ2v) is 11.5. The van der Waals surface area contributed by atoms with Gasteiger partial charge in [0.1, 0.15) is 27.9 Å². The molecule has 0 atom stereocenters. The van der Waals surface area contributed by atoms with Crippen molar-refractivity contribution in [3.05, 3.63) is 89.4 Å². The number of aromatic nitrogens is 3. The third-order valence-corrected chi connectivity index (χ3v) is 7.23. The average Bonchev–Trinajstić information content (AvgIpc) is 3.51. The molecule has 5 rings (SSSR count). The van der Waals surface area contributed by atoms with Gasteiger partial charge in [-0.2, -0.15) is 0 Å². The molecule has 3 aromatic heterocycles. The lowest BCUT2D eigenvalue weighted by Gasteiger charge is -2.15. The molecule has 0 amide bonds. The Bertz CT molecular complexity index is 1780. The summed E-state index contributed by atoms with van der Waals surface area (Å²) in [6.07, 6.45) is 3.36. The topological polar surface area (TPSA) is 98.7 Å². The number of hydrogen-bond acceptors (Lipinski definition) is 6. The highest BCUT2D eigenvalue weighted by molar-refractivity contribution is 7.92. The van der Waals surface area contributed by atoms with Crippen LogP contribution in [0.3, 0.4) is 0 Å². The Hall–Kier alpha value is -3.96. The summed E-state index contributed by atoms with van der Waals surface area (Å²) in [5.41, 5.74) is 1.36. The summed E-state index contributed by atoms with van der Waals surface area (Å²) in [6, 6.07) is 12.6. The Morgan fingerprint density at radius 1 is 1.03 bits per heavy atom. The lowest BCUT2D eigenvalue weighted by Crippen LogP contribution is -2.15. The average molecular weight is 559 g/mol. The molecule has 1 N–H and O–H groups in total. The van der Waals surface area contributed by atoms with Crippen LogP contribution in [0.4, 0.5) is 14.6 Å². The van der Waals surface area contributed by atoms with Crippen LogP contribution in [0.5, 0.6) is 11.5 Å². The van der Waals surface area contributed by atoms with Crippen molar-refractivity contribution in [3.63, 3.8) is 0 Å². The number of anilines is 1. The number of halogens is 3. The third-order valence-electron chi connectivity index (χ3n) is 5.63. The molecule has 2 aromatic carbocycles. The maximum absolute atomic E-state index is 15.1. The van der Waals surface area contributed by atoms with Gasteiger partial charge in [-0.05, 0) is 30.3 Å². The first-order chi connectivity index (χ1) is 17.9. The number of nitrogens with one attached hydrogen (secondary N) is 1. The van der Waals surface area contributed by atoms with Crippen LogP contribution >= 0.6 is 11.6 Å². The molecule has 3 heterocycles. The second kappa shape index (κ2) is 9.41. The standard InChI is InChI=1S/C26H21ClF2N4O4S/c1-26(2,3)23-14-24(31-37-23)32-38(34,35)22-13-17(28)21(12-18(22)29)36-20-8-7-15(27)11-16(20)19-5-4-6-25-30-9-10-33(19)25/h4-14H,1-3H3,(H,31,32). The number of fused-ring (bicyclic) bond motifs is 1. The Morgan fingerprint density at radius 2 is 1.82 bits per heavy atom. The van der Waals surface area contributed by atoms with E-state index in [2.05, 4.69) is 14.9 Å². The molecule has 0 unspecified atom stereocenters. The van der Waals surface area contributed by atoms with Crippen molar-refractivity contribution in [2.45, 2.75) is 31.1 Å². The van der Waals surface area contributed by atoms with Gasteiger partial charge in [0.25, 0.3) is 10.0 Å². The first-order valence-electron chi connectivity index (χ1n) is 11.3. The highest BCUT2D eigenvalue weighted by Gasteiger charge is 2.26. The van der Waals surface area contributed by atoms with Crippen LogP contribution in [0.1, 0.15) is 26.5 Å². The van der Waals surface area contributed by atoms with E-state index in [0.29, 0.717) is 39.8 Å². The molecule has 0 bridgehead atoms. The molecule has 0 radical (unpaired) electrons. The SMILES string of the molecule is CC(C)(C)c1cc(NS(=O)(=O)c2cc(F)c(Oc3ccc(Cl)cc3-c3cccc4nccn34)cc2F)no1. The van der Waals surface area contributed by atoms with Crippen LogP contribution in [-0.4, -0.2) is 23.0 Å². The fraction of sp³-hybridized carbons (Fsp3) is 0.154. The van der Waals surface area contributed by atoms with Crippen molar-refractivity contribution in [1.82, 2.24) is 14.5 Å². The largest absolute Gasteiger partial charge is 0.453 e. The summed E-state index contributed by atoms with van der Waals surface area (Å²) in [4.78, 5) is 3.33. The van der Waals surface area contributed by atoms with Crippen molar-refractivity contribution < 1.29 is 26.5 Å². The van der Waals surface area contributed by atoms with E-state index in [1.807, 2.05) is 20.8 Å². The Balaban J connectivity index is 1.48. The number of imidazole rings is 1. The van der Waals surface area contributed by atoms with Gasteiger partial charge < -0.3 is 9.26 Å². The van der Waals surface area contributed by atoms with Gasteiger partial charge in [-0.25, -0.2) is 22.2 Å². The summed E-state index contributed by atoms with van der Waals surface area (Å²) < 4.78 is 70.5. The molecule has 0 aliphatic carbocycles. The minimum absolute atomic E-state index is 0.158. The zero-order valence-electron chi connectivity index (χ0n) is 20.4. The van der Waals surface area contributed by atoms with Crippen molar-refractivity contribution in [1.29, 1.82) is 0 Å². The first kappa shape index (κ1) is 25.7. The van der Waals surface area contributed by atoms with Gasteiger partial charge in [0.2, 0.25) is 0 Å². The van der Waals surface area contributed by atoms with Crippen LogP contribution in [0.15, 0.2) is 76.4 Å². The number of rotatable bonds is 6. The van der Waals surface area contributed by atoms with E-state index in [4.69, 9.17) is 20.9 Å². The normalized spacial score (nSPS) is 12.2. The molecule has 0 saturated carbocycles. The van der Waals surface area contributed by atoms with Gasteiger partial charge in [-0.3, -0.25) is 9.12 Å². The smallest absolute Gasteiger partial charge is 0.266 e. The lowest BCUT2D eigenvalue weighted by atomic mass is 9.93. The monoisotopic (exact) mass is 558 g/mol. The van der Waals surface area contributed by atoms with Gasteiger partial charge >= 0.3 is 0 Å². The van der Waals surface area contributed by atoms with Crippen molar-refractivity contribution in [3.8, 4) is 22.8 Å². The minimum Gasteiger partial charge on any atom is -0.453 e. The molecule has 5 aromatic rings. The summed E-state index contributed by atoms with van der Waals surface area (Å²) in [5.74, 6) is -2.41. The number of hydrogen-bond donors (Lipinski definition) is 1. The van der Waals surface area contributed by atoms with Gasteiger partial charge in [-0.15, -0.1) is 0 Å². The second-order valence-electron chi connectivity index (χ2n) is 9.45. The number of sulfonamides is 1. The summed E-state index contributed by atoms with van der Waals surface area (Å²) in [7, 11) is -4.53. The molecular weight excluding hydrogens is 538 g/mol. The highest BCUT2D eigenvalue weighted by atomic mass is 35.5. The Labute approximate surface area is 221 Å². The van der Waals surface area contributed by atoms with E-state index in [1.54, 1.807) is 41.1 Å². The molecule has 8 nitrogen and oxygen atoms in total. The van der Waals surface area contributed by atoms with Crippen LogP contribution < -0.4 is 9.46 Å². The van der Waals surface area contributed by atoms with Crippen LogP contribution in [0.2, 0.25) is 5.02 Å². The lowest BCUT2D eigenvalue weighted by molar-refractivity contribution is 0.331. The van der Waals surface area contributed by atoms with E-state index >= 15 is 8.78 Å². The minimum atomic E-state index is -4.53. The molecule has 196 valence electrons. The number of pyridine rings is 1. The van der Waals surface area contributed by atoms with E-state index < -0.39 is 37.7 Å². The fourth-order valence-corrected chi connectivity index (χ4v) is 4.97. The van der Waals surface area contributed by atoms with E-state index in [1.165, 1.54) is 18.2 Å². The molecule has 0 saturated heterocycles.